The number of aliphatic hydroxyl groups is 3. The van der Waals surface area contributed by atoms with Crippen molar-refractivity contribution >= 4 is 5.91 Å². The van der Waals surface area contributed by atoms with E-state index in [0.29, 0.717) is 12.8 Å². The highest BCUT2D eigenvalue weighted by molar-refractivity contribution is 5.76. The molecule has 3 unspecified atom stereocenters. The van der Waals surface area contributed by atoms with E-state index in [4.69, 9.17) is 0 Å². The molecule has 0 aliphatic heterocycles. The molecule has 0 aromatic rings. The molecule has 0 fully saturated rings. The number of aliphatic hydroxyl groups excluding tert-OH is 3. The fourth-order valence-electron chi connectivity index (χ4n) is 4.68. The van der Waals surface area contributed by atoms with Crippen molar-refractivity contribution in [2.75, 3.05) is 6.61 Å². The second kappa shape index (κ2) is 31.3. The van der Waals surface area contributed by atoms with Gasteiger partial charge in [-0.1, -0.05) is 114 Å². The Hall–Kier alpha value is -1.69. The fraction of sp³-hybridized carbons (Fsp3) is 0.750. The van der Waals surface area contributed by atoms with Gasteiger partial charge in [0.25, 0.3) is 0 Å². The number of allylic oxidation sites excluding steroid dienone is 8. The molecule has 0 aromatic heterocycles. The third kappa shape index (κ3) is 26.9. The lowest BCUT2D eigenvalue weighted by molar-refractivity contribution is -0.124. The van der Waals surface area contributed by atoms with Crippen molar-refractivity contribution in [3.63, 3.8) is 0 Å². The van der Waals surface area contributed by atoms with Crippen LogP contribution in [0, 0.1) is 0 Å². The zero-order valence-corrected chi connectivity index (χ0v) is 26.7. The number of hydrogen-bond acceptors (Lipinski definition) is 4. The number of carbonyl (C=O) groups is 1. The first-order valence-corrected chi connectivity index (χ1v) is 16.9. The molecule has 41 heavy (non-hydrogen) atoms. The fourth-order valence-corrected chi connectivity index (χ4v) is 4.68. The van der Waals surface area contributed by atoms with Crippen LogP contribution in [-0.4, -0.2) is 46.1 Å². The highest BCUT2D eigenvalue weighted by Gasteiger charge is 2.26. The van der Waals surface area contributed by atoms with Gasteiger partial charge >= 0.3 is 0 Å². The van der Waals surface area contributed by atoms with Gasteiger partial charge in [-0.05, 0) is 77.0 Å². The van der Waals surface area contributed by atoms with E-state index in [-0.39, 0.29) is 12.5 Å². The molecule has 0 spiro atoms. The van der Waals surface area contributed by atoms with Crippen LogP contribution >= 0.6 is 0 Å². The van der Waals surface area contributed by atoms with Crippen molar-refractivity contribution in [2.24, 2.45) is 0 Å². The van der Waals surface area contributed by atoms with Gasteiger partial charge in [0.1, 0.15) is 6.10 Å². The summed E-state index contributed by atoms with van der Waals surface area (Å²) < 4.78 is 0. The summed E-state index contributed by atoms with van der Waals surface area (Å²) in [6, 6.07) is -0.834. The van der Waals surface area contributed by atoms with Crippen molar-refractivity contribution in [3.8, 4) is 0 Å². The Labute approximate surface area is 253 Å². The number of carbonyl (C=O) groups excluding carboxylic acids is 1. The van der Waals surface area contributed by atoms with Crippen LogP contribution in [0.2, 0.25) is 0 Å². The van der Waals surface area contributed by atoms with Crippen LogP contribution in [0.1, 0.15) is 149 Å². The number of nitrogens with one attached hydrogen (secondary N) is 1. The minimum Gasteiger partial charge on any atom is -0.394 e. The summed E-state index contributed by atoms with van der Waals surface area (Å²) in [7, 11) is 0. The number of amides is 1. The van der Waals surface area contributed by atoms with E-state index in [1.54, 1.807) is 0 Å². The Morgan fingerprint density at radius 3 is 1.73 bits per heavy atom. The molecule has 3 atom stereocenters. The van der Waals surface area contributed by atoms with E-state index >= 15 is 0 Å². The summed E-state index contributed by atoms with van der Waals surface area (Å²) in [4.78, 5) is 12.3. The van der Waals surface area contributed by atoms with Crippen LogP contribution in [-0.2, 0) is 4.79 Å². The van der Waals surface area contributed by atoms with E-state index in [0.717, 1.165) is 64.2 Å². The highest BCUT2D eigenvalue weighted by Crippen LogP contribution is 2.12. The molecule has 1 amide bonds. The standard InChI is InChI=1S/C36H65NO4/c1-3-5-7-9-11-13-15-16-17-18-19-20-21-23-25-27-29-31-35(40)37-33(32-38)36(41)34(39)30-28-26-24-22-14-12-10-8-6-4-2/h8,10-11,13,16-17,22,24,33-34,36,38-39,41H,3-7,9,12,14-15,18-21,23,25-32H2,1-2H3,(H,37,40)/b10-8+,13-11-,17-16-,24-22+. The van der Waals surface area contributed by atoms with E-state index in [1.807, 2.05) is 0 Å². The quantitative estimate of drug-likeness (QED) is 0.0531. The smallest absolute Gasteiger partial charge is 0.220 e. The van der Waals surface area contributed by atoms with Gasteiger partial charge in [-0.2, -0.15) is 0 Å². The summed E-state index contributed by atoms with van der Waals surface area (Å²) in [5.74, 6) is -0.172. The molecule has 0 radical (unpaired) electrons. The van der Waals surface area contributed by atoms with Crippen molar-refractivity contribution < 1.29 is 20.1 Å². The first-order chi connectivity index (χ1) is 20.1. The maximum Gasteiger partial charge on any atom is 0.220 e. The monoisotopic (exact) mass is 575 g/mol. The zero-order chi connectivity index (χ0) is 30.2. The van der Waals surface area contributed by atoms with Gasteiger partial charge in [0.2, 0.25) is 5.91 Å². The van der Waals surface area contributed by atoms with E-state index in [1.165, 1.54) is 57.8 Å². The van der Waals surface area contributed by atoms with Gasteiger partial charge < -0.3 is 20.6 Å². The van der Waals surface area contributed by atoms with Crippen LogP contribution in [0.25, 0.3) is 0 Å². The van der Waals surface area contributed by atoms with E-state index < -0.39 is 18.2 Å². The lowest BCUT2D eigenvalue weighted by atomic mass is 10.0. The first-order valence-electron chi connectivity index (χ1n) is 16.9. The van der Waals surface area contributed by atoms with E-state index in [2.05, 4.69) is 67.8 Å². The molecule has 0 rings (SSSR count). The van der Waals surface area contributed by atoms with Gasteiger partial charge in [-0.25, -0.2) is 0 Å². The number of rotatable bonds is 29. The highest BCUT2D eigenvalue weighted by atomic mass is 16.3. The molecule has 0 aromatic carbocycles. The molecule has 0 aliphatic carbocycles. The van der Waals surface area contributed by atoms with Crippen molar-refractivity contribution in [2.45, 2.75) is 167 Å². The summed E-state index contributed by atoms with van der Waals surface area (Å²) >= 11 is 0. The summed E-state index contributed by atoms with van der Waals surface area (Å²) in [6.07, 6.45) is 37.7. The maximum absolute atomic E-state index is 12.3. The third-order valence-corrected chi connectivity index (χ3v) is 7.36. The predicted octanol–water partition coefficient (Wildman–Crippen LogP) is 8.64. The number of unbranched alkanes of at least 4 members (excludes halogenated alkanes) is 13. The molecule has 0 aliphatic rings. The first kappa shape index (κ1) is 39.3. The average molecular weight is 576 g/mol. The Kier molecular flexibility index (Phi) is 30.0. The molecule has 0 saturated carbocycles. The topological polar surface area (TPSA) is 89.8 Å². The maximum atomic E-state index is 12.3. The van der Waals surface area contributed by atoms with Crippen LogP contribution in [0.5, 0.6) is 0 Å². The van der Waals surface area contributed by atoms with Crippen molar-refractivity contribution in [1.29, 1.82) is 0 Å². The van der Waals surface area contributed by atoms with E-state index in [9.17, 15) is 20.1 Å². The minimum atomic E-state index is -1.17. The Morgan fingerprint density at radius 1 is 0.610 bits per heavy atom. The van der Waals surface area contributed by atoms with Crippen LogP contribution in [0.15, 0.2) is 48.6 Å². The molecule has 4 N–H and O–H groups in total. The minimum absolute atomic E-state index is 0.172. The van der Waals surface area contributed by atoms with Crippen LogP contribution in [0.4, 0.5) is 0 Å². The summed E-state index contributed by atoms with van der Waals surface area (Å²) in [5, 5.41) is 33.1. The van der Waals surface area contributed by atoms with Gasteiger partial charge in [-0.15, -0.1) is 0 Å². The molecule has 0 bridgehead atoms. The number of hydrogen-bond donors (Lipinski definition) is 4. The lowest BCUT2D eigenvalue weighted by Crippen LogP contribution is -2.50. The van der Waals surface area contributed by atoms with Crippen LogP contribution in [0.3, 0.4) is 0 Å². The summed E-state index contributed by atoms with van der Waals surface area (Å²) in [6.45, 7) is 4.02. The molecular formula is C36H65NO4. The summed E-state index contributed by atoms with van der Waals surface area (Å²) in [5.41, 5.74) is 0. The molecule has 0 saturated heterocycles. The second-order valence-corrected chi connectivity index (χ2v) is 11.3. The molecule has 5 nitrogen and oxygen atoms in total. The molecule has 5 heteroatoms. The third-order valence-electron chi connectivity index (χ3n) is 7.36. The van der Waals surface area contributed by atoms with Gasteiger partial charge in [0.15, 0.2) is 0 Å². The zero-order valence-electron chi connectivity index (χ0n) is 26.7. The Morgan fingerprint density at radius 2 is 1.12 bits per heavy atom. The predicted molar refractivity (Wildman–Crippen MR) is 176 cm³/mol. The molecular weight excluding hydrogens is 510 g/mol. The molecule has 238 valence electrons. The van der Waals surface area contributed by atoms with Gasteiger partial charge in [-0.3, -0.25) is 4.79 Å². The molecule has 0 heterocycles. The second-order valence-electron chi connectivity index (χ2n) is 11.3. The lowest BCUT2D eigenvalue weighted by Gasteiger charge is -2.26. The Bertz CT molecular complexity index is 685. The van der Waals surface area contributed by atoms with Gasteiger partial charge in [0, 0.05) is 6.42 Å². The average Bonchev–Trinajstić information content (AvgIpc) is 2.97. The van der Waals surface area contributed by atoms with Crippen molar-refractivity contribution in [3.05, 3.63) is 48.6 Å². The largest absolute Gasteiger partial charge is 0.394 e. The Balaban J connectivity index is 3.79. The SMILES string of the molecule is CCC/C=C/CC/C=C/CCCC(O)C(O)C(CO)NC(=O)CCCCCCCCC/C=C\C/C=C\CCCCC. The van der Waals surface area contributed by atoms with Crippen LogP contribution < -0.4 is 5.32 Å². The van der Waals surface area contributed by atoms with Gasteiger partial charge in [0.05, 0.1) is 18.8 Å². The normalized spacial score (nSPS) is 14.6. The van der Waals surface area contributed by atoms with Crippen molar-refractivity contribution in [1.82, 2.24) is 5.32 Å².